The normalized spacial score (nSPS) is 17.8. The van der Waals surface area contributed by atoms with Gasteiger partial charge in [0.2, 0.25) is 0 Å². The lowest BCUT2D eigenvalue weighted by Gasteiger charge is -2.34. The van der Waals surface area contributed by atoms with Gasteiger partial charge in [-0.05, 0) is 37.5 Å². The van der Waals surface area contributed by atoms with Crippen molar-refractivity contribution in [2.45, 2.75) is 45.4 Å². The molecule has 1 aromatic heterocycles. The molecular weight excluding hydrogens is 374 g/mol. The maximum atomic E-state index is 11.4. The molecule has 150 valence electrons. The molecule has 0 amide bonds. The first kappa shape index (κ1) is 20.5. The summed E-state index contributed by atoms with van der Waals surface area (Å²) in [6.45, 7) is 6.35. The molecule has 0 radical (unpaired) electrons. The molecule has 0 bridgehead atoms. The van der Waals surface area contributed by atoms with Crippen molar-refractivity contribution in [2.24, 2.45) is 0 Å². The summed E-state index contributed by atoms with van der Waals surface area (Å²) >= 11 is 1.59. The predicted octanol–water partition coefficient (Wildman–Crippen LogP) is 3.66. The number of thiazole rings is 1. The van der Waals surface area contributed by atoms with Crippen molar-refractivity contribution in [2.75, 3.05) is 13.7 Å². The number of hydrazine groups is 1. The number of hydrogen-bond donors (Lipinski definition) is 1. The van der Waals surface area contributed by atoms with E-state index >= 15 is 0 Å². The van der Waals surface area contributed by atoms with Gasteiger partial charge in [-0.2, -0.15) is 0 Å². The van der Waals surface area contributed by atoms with E-state index in [9.17, 15) is 9.90 Å². The minimum Gasteiger partial charge on any atom is -0.479 e. The SMILES string of the molecule is CCc1ccccc1CN1C(c2cncs2)=CC(COC(C)(C)C(=O)O)N1C. The van der Waals surface area contributed by atoms with Crippen LogP contribution in [0.3, 0.4) is 0 Å². The highest BCUT2D eigenvalue weighted by Gasteiger charge is 2.34. The number of benzene rings is 1. The highest BCUT2D eigenvalue weighted by molar-refractivity contribution is 7.10. The summed E-state index contributed by atoms with van der Waals surface area (Å²) in [5.41, 5.74) is 4.29. The predicted molar refractivity (Wildman–Crippen MR) is 111 cm³/mol. The molecule has 28 heavy (non-hydrogen) atoms. The molecule has 1 aromatic carbocycles. The third kappa shape index (κ3) is 4.27. The summed E-state index contributed by atoms with van der Waals surface area (Å²) in [4.78, 5) is 16.7. The van der Waals surface area contributed by atoms with Gasteiger partial charge in [-0.25, -0.2) is 9.80 Å². The fraction of sp³-hybridized carbons (Fsp3) is 0.429. The number of aromatic nitrogens is 1. The third-order valence-electron chi connectivity index (χ3n) is 5.12. The summed E-state index contributed by atoms with van der Waals surface area (Å²) in [5.74, 6) is -0.964. The molecule has 3 rings (SSSR count). The fourth-order valence-electron chi connectivity index (χ4n) is 3.20. The first-order valence-corrected chi connectivity index (χ1v) is 10.3. The maximum absolute atomic E-state index is 11.4. The molecule has 0 saturated carbocycles. The van der Waals surface area contributed by atoms with Crippen LogP contribution in [0.4, 0.5) is 0 Å². The average molecular weight is 402 g/mol. The van der Waals surface area contributed by atoms with E-state index in [1.165, 1.54) is 11.1 Å². The lowest BCUT2D eigenvalue weighted by atomic mass is 10.1. The van der Waals surface area contributed by atoms with Gasteiger partial charge < -0.3 is 9.84 Å². The van der Waals surface area contributed by atoms with Gasteiger partial charge in [0, 0.05) is 13.2 Å². The Morgan fingerprint density at radius 3 is 2.64 bits per heavy atom. The van der Waals surface area contributed by atoms with Crippen LogP contribution in [0.5, 0.6) is 0 Å². The second-order valence-electron chi connectivity index (χ2n) is 7.36. The Bertz CT molecular complexity index is 848. The topological polar surface area (TPSA) is 65.9 Å². The molecule has 1 aliphatic rings. The molecule has 0 fully saturated rings. The van der Waals surface area contributed by atoms with E-state index in [1.54, 1.807) is 25.2 Å². The van der Waals surface area contributed by atoms with Crippen LogP contribution in [-0.2, 0) is 22.5 Å². The van der Waals surface area contributed by atoms with Gasteiger partial charge in [0.1, 0.15) is 0 Å². The monoisotopic (exact) mass is 401 g/mol. The van der Waals surface area contributed by atoms with Crippen LogP contribution in [0.2, 0.25) is 0 Å². The fourth-order valence-corrected chi connectivity index (χ4v) is 3.85. The van der Waals surface area contributed by atoms with Gasteiger partial charge in [-0.15, -0.1) is 11.3 Å². The molecule has 0 saturated heterocycles. The second-order valence-corrected chi connectivity index (χ2v) is 8.25. The van der Waals surface area contributed by atoms with Gasteiger partial charge in [-0.3, -0.25) is 9.99 Å². The molecule has 1 aliphatic heterocycles. The molecule has 2 aromatic rings. The van der Waals surface area contributed by atoms with Crippen LogP contribution in [-0.4, -0.2) is 51.4 Å². The number of aliphatic carboxylic acids is 1. The lowest BCUT2D eigenvalue weighted by Crippen LogP contribution is -2.43. The Kier molecular flexibility index (Phi) is 6.17. The summed E-state index contributed by atoms with van der Waals surface area (Å²) < 4.78 is 5.73. The van der Waals surface area contributed by atoms with Crippen molar-refractivity contribution in [3.8, 4) is 0 Å². The molecular formula is C21H27N3O3S. The summed E-state index contributed by atoms with van der Waals surface area (Å²) in [6, 6.07) is 8.41. The van der Waals surface area contributed by atoms with Crippen molar-refractivity contribution in [3.63, 3.8) is 0 Å². The molecule has 1 unspecified atom stereocenters. The standard InChI is InChI=1S/C21H27N3O3S/c1-5-15-8-6-7-9-16(15)12-24-18(19-11-22-14-28-19)10-17(23(24)4)13-27-21(2,3)20(25)26/h6-11,14,17H,5,12-13H2,1-4H3,(H,25,26). The number of likely N-dealkylation sites (N-methyl/N-ethyl adjacent to an activating group) is 1. The number of aryl methyl sites for hydroxylation is 1. The van der Waals surface area contributed by atoms with Crippen LogP contribution >= 0.6 is 11.3 Å². The molecule has 7 heteroatoms. The van der Waals surface area contributed by atoms with Crippen molar-refractivity contribution in [3.05, 3.63) is 58.1 Å². The zero-order chi connectivity index (χ0) is 20.3. The van der Waals surface area contributed by atoms with E-state index in [-0.39, 0.29) is 6.04 Å². The minimum atomic E-state index is -1.22. The Hall–Kier alpha value is -2.22. The zero-order valence-electron chi connectivity index (χ0n) is 16.8. The van der Waals surface area contributed by atoms with Gasteiger partial charge in [0.25, 0.3) is 0 Å². The number of carboxylic acids is 1. The Morgan fingerprint density at radius 2 is 2.04 bits per heavy atom. The van der Waals surface area contributed by atoms with E-state index < -0.39 is 11.6 Å². The van der Waals surface area contributed by atoms with Crippen molar-refractivity contribution < 1.29 is 14.6 Å². The summed E-state index contributed by atoms with van der Waals surface area (Å²) in [5, 5.41) is 13.7. The molecule has 1 N–H and O–H groups in total. The largest absolute Gasteiger partial charge is 0.479 e. The molecule has 0 spiro atoms. The van der Waals surface area contributed by atoms with Crippen LogP contribution in [0.1, 0.15) is 36.8 Å². The first-order chi connectivity index (χ1) is 13.3. The van der Waals surface area contributed by atoms with Gasteiger partial charge in [0.05, 0.1) is 35.3 Å². The number of rotatable bonds is 8. The van der Waals surface area contributed by atoms with E-state index in [1.807, 2.05) is 18.8 Å². The zero-order valence-corrected chi connectivity index (χ0v) is 17.6. The Balaban J connectivity index is 1.84. The number of nitrogens with zero attached hydrogens (tertiary/aromatic N) is 3. The number of carboxylic acid groups (broad SMARTS) is 1. The molecule has 2 heterocycles. The Morgan fingerprint density at radius 1 is 1.32 bits per heavy atom. The quantitative estimate of drug-likeness (QED) is 0.728. The molecule has 6 nitrogen and oxygen atoms in total. The smallest absolute Gasteiger partial charge is 0.335 e. The summed E-state index contributed by atoms with van der Waals surface area (Å²) in [6.07, 6.45) is 4.99. The number of hydrogen-bond acceptors (Lipinski definition) is 6. The van der Waals surface area contributed by atoms with Crippen LogP contribution in [0, 0.1) is 0 Å². The number of ether oxygens (including phenoxy) is 1. The maximum Gasteiger partial charge on any atom is 0.335 e. The summed E-state index contributed by atoms with van der Waals surface area (Å²) in [7, 11) is 2.01. The van der Waals surface area contributed by atoms with Crippen LogP contribution in [0.15, 0.2) is 42.0 Å². The molecule has 0 aliphatic carbocycles. The van der Waals surface area contributed by atoms with Crippen LogP contribution in [0.25, 0.3) is 5.70 Å². The highest BCUT2D eigenvalue weighted by atomic mass is 32.1. The second kappa shape index (κ2) is 8.43. The number of carbonyl (C=O) groups is 1. The van der Waals surface area contributed by atoms with E-state index in [0.29, 0.717) is 6.61 Å². The third-order valence-corrected chi connectivity index (χ3v) is 5.92. The van der Waals surface area contributed by atoms with E-state index in [2.05, 4.69) is 52.3 Å². The van der Waals surface area contributed by atoms with Crippen LogP contribution < -0.4 is 0 Å². The van der Waals surface area contributed by atoms with Crippen molar-refractivity contribution >= 4 is 23.0 Å². The van der Waals surface area contributed by atoms with Crippen molar-refractivity contribution in [1.82, 2.24) is 15.0 Å². The van der Waals surface area contributed by atoms with E-state index in [4.69, 9.17) is 4.74 Å². The van der Waals surface area contributed by atoms with Crippen molar-refractivity contribution in [1.29, 1.82) is 0 Å². The average Bonchev–Trinajstić information content (AvgIpc) is 3.30. The molecule has 1 atom stereocenters. The van der Waals surface area contributed by atoms with Gasteiger partial charge in [-0.1, -0.05) is 31.2 Å². The lowest BCUT2D eigenvalue weighted by molar-refractivity contribution is -0.163. The Labute approximate surface area is 170 Å². The van der Waals surface area contributed by atoms with Gasteiger partial charge >= 0.3 is 5.97 Å². The highest BCUT2D eigenvalue weighted by Crippen LogP contribution is 2.33. The first-order valence-electron chi connectivity index (χ1n) is 9.38. The van der Waals surface area contributed by atoms with Gasteiger partial charge in [0.15, 0.2) is 5.60 Å². The minimum absolute atomic E-state index is 0.0514. The van der Waals surface area contributed by atoms with E-state index in [0.717, 1.165) is 23.5 Å².